The zero-order valence-electron chi connectivity index (χ0n) is 17.5. The molecule has 1 aromatic heterocycles. The summed E-state index contributed by atoms with van der Waals surface area (Å²) in [5, 5.41) is 0. The van der Waals surface area contributed by atoms with Gasteiger partial charge in [0, 0.05) is 49.7 Å². The molecule has 0 aliphatic carbocycles. The largest absolute Gasteiger partial charge is 0.339 e. The van der Waals surface area contributed by atoms with Crippen LogP contribution in [0.5, 0.6) is 0 Å². The van der Waals surface area contributed by atoms with Crippen LogP contribution in [0.3, 0.4) is 0 Å². The Balaban J connectivity index is 1.66. The average Bonchev–Trinajstić information content (AvgIpc) is 3.20. The van der Waals surface area contributed by atoms with Crippen LogP contribution in [0.2, 0.25) is 0 Å². The predicted molar refractivity (Wildman–Crippen MR) is 117 cm³/mol. The van der Waals surface area contributed by atoms with Crippen molar-refractivity contribution in [3.63, 3.8) is 0 Å². The number of sulfonamides is 1. The second-order valence-corrected chi connectivity index (χ2v) is 10.3. The lowest BCUT2D eigenvalue weighted by Crippen LogP contribution is -2.50. The van der Waals surface area contributed by atoms with Gasteiger partial charge in [0.05, 0.1) is 9.77 Å². The van der Waals surface area contributed by atoms with E-state index in [2.05, 4.69) is 0 Å². The third-order valence-electron chi connectivity index (χ3n) is 5.27. The molecule has 2 amide bonds. The summed E-state index contributed by atoms with van der Waals surface area (Å²) >= 11 is 1.45. The van der Waals surface area contributed by atoms with Crippen molar-refractivity contribution in [3.8, 4) is 0 Å². The lowest BCUT2D eigenvalue weighted by molar-refractivity contribution is 0.0702. The van der Waals surface area contributed by atoms with E-state index < -0.39 is 10.0 Å². The number of nitrogens with zero attached hydrogens (tertiary/aromatic N) is 3. The first-order chi connectivity index (χ1) is 14.3. The van der Waals surface area contributed by atoms with Crippen LogP contribution < -0.4 is 0 Å². The van der Waals surface area contributed by atoms with Crippen molar-refractivity contribution in [3.05, 3.63) is 51.7 Å². The number of carbonyl (C=O) groups excluding carboxylic acids is 2. The van der Waals surface area contributed by atoms with Gasteiger partial charge in [-0.3, -0.25) is 9.59 Å². The molecule has 1 fully saturated rings. The molecule has 0 N–H and O–H groups in total. The number of rotatable bonds is 6. The van der Waals surface area contributed by atoms with Crippen LogP contribution in [0, 0.1) is 6.92 Å². The Morgan fingerprint density at radius 1 is 0.967 bits per heavy atom. The van der Waals surface area contributed by atoms with E-state index >= 15 is 0 Å². The van der Waals surface area contributed by atoms with E-state index in [0.29, 0.717) is 36.6 Å². The second kappa shape index (κ2) is 9.28. The minimum Gasteiger partial charge on any atom is -0.339 e. The van der Waals surface area contributed by atoms with Crippen molar-refractivity contribution in [1.29, 1.82) is 0 Å². The van der Waals surface area contributed by atoms with Crippen molar-refractivity contribution in [2.45, 2.75) is 25.7 Å². The van der Waals surface area contributed by atoms with Gasteiger partial charge < -0.3 is 9.80 Å². The second-order valence-electron chi connectivity index (χ2n) is 7.11. The fourth-order valence-electron chi connectivity index (χ4n) is 3.45. The van der Waals surface area contributed by atoms with Gasteiger partial charge in [-0.15, -0.1) is 11.3 Å². The van der Waals surface area contributed by atoms with E-state index in [0.717, 1.165) is 4.88 Å². The summed E-state index contributed by atoms with van der Waals surface area (Å²) in [6.45, 7) is 8.17. The molecule has 0 unspecified atom stereocenters. The maximum Gasteiger partial charge on any atom is 0.264 e. The molecule has 0 spiro atoms. The average molecular weight is 450 g/mol. The number of thiophene rings is 1. The first-order valence-electron chi connectivity index (χ1n) is 10.0. The van der Waals surface area contributed by atoms with E-state index in [-0.39, 0.29) is 29.8 Å². The summed E-state index contributed by atoms with van der Waals surface area (Å²) < 4.78 is 27.4. The molecule has 2 aromatic rings. The molecule has 1 aliphatic rings. The fourth-order valence-corrected chi connectivity index (χ4v) is 5.71. The molecule has 162 valence electrons. The number of hydrogen-bond acceptors (Lipinski definition) is 5. The van der Waals surface area contributed by atoms with Crippen molar-refractivity contribution >= 4 is 33.2 Å². The third kappa shape index (κ3) is 4.58. The summed E-state index contributed by atoms with van der Waals surface area (Å²) in [5.74, 6) is -0.163. The Hall–Kier alpha value is -2.23. The SMILES string of the molecule is CCN(CC)C(=O)c1ccc(S(=O)(=O)N2CCN(C(=O)c3ccc(C)s3)CC2)cc1. The zero-order valence-corrected chi connectivity index (χ0v) is 19.1. The lowest BCUT2D eigenvalue weighted by Gasteiger charge is -2.33. The molecule has 1 aromatic carbocycles. The Morgan fingerprint density at radius 2 is 1.57 bits per heavy atom. The molecule has 1 saturated heterocycles. The maximum absolute atomic E-state index is 13.0. The Kier molecular flexibility index (Phi) is 6.95. The number of aryl methyl sites for hydroxylation is 1. The predicted octanol–water partition coefficient (Wildman–Crippen LogP) is 2.69. The molecule has 0 atom stereocenters. The van der Waals surface area contributed by atoms with Gasteiger partial charge in [0.25, 0.3) is 11.8 Å². The molecule has 0 bridgehead atoms. The van der Waals surface area contributed by atoms with Crippen molar-refractivity contribution < 1.29 is 18.0 Å². The van der Waals surface area contributed by atoms with E-state index in [1.54, 1.807) is 21.9 Å². The standard InChI is InChI=1S/C21H27N3O4S2/c1-4-22(5-2)20(25)17-7-9-18(10-8-17)30(27,28)24-14-12-23(13-15-24)21(26)19-11-6-16(3)29-19/h6-11H,4-5,12-15H2,1-3H3. The van der Waals surface area contributed by atoms with Gasteiger partial charge in [-0.2, -0.15) is 4.31 Å². The van der Waals surface area contributed by atoms with Crippen LogP contribution >= 0.6 is 11.3 Å². The summed E-state index contributed by atoms with van der Waals surface area (Å²) in [7, 11) is -3.67. The monoisotopic (exact) mass is 449 g/mol. The van der Waals surface area contributed by atoms with Gasteiger partial charge in [0.1, 0.15) is 0 Å². The van der Waals surface area contributed by atoms with E-state index in [1.807, 2.05) is 32.9 Å². The minimum absolute atomic E-state index is 0.0515. The topological polar surface area (TPSA) is 78.0 Å². The van der Waals surface area contributed by atoms with Gasteiger partial charge in [-0.25, -0.2) is 8.42 Å². The molecule has 3 rings (SSSR count). The van der Waals surface area contributed by atoms with Gasteiger partial charge in [-0.05, 0) is 57.2 Å². The zero-order chi connectivity index (χ0) is 21.9. The highest BCUT2D eigenvalue weighted by molar-refractivity contribution is 7.89. The van der Waals surface area contributed by atoms with Crippen LogP contribution in [-0.2, 0) is 10.0 Å². The Morgan fingerprint density at radius 3 is 2.07 bits per heavy atom. The van der Waals surface area contributed by atoms with Gasteiger partial charge in [0.15, 0.2) is 0 Å². The molecular weight excluding hydrogens is 422 g/mol. The number of carbonyl (C=O) groups is 2. The lowest BCUT2D eigenvalue weighted by atomic mass is 10.2. The highest BCUT2D eigenvalue weighted by Gasteiger charge is 2.31. The molecule has 2 heterocycles. The molecule has 1 aliphatic heterocycles. The number of hydrogen-bond donors (Lipinski definition) is 0. The first-order valence-corrected chi connectivity index (χ1v) is 12.3. The molecule has 0 saturated carbocycles. The Labute approximate surface area is 182 Å². The third-order valence-corrected chi connectivity index (χ3v) is 8.17. The van der Waals surface area contributed by atoms with Crippen LogP contribution in [0.25, 0.3) is 0 Å². The minimum atomic E-state index is -3.67. The molecule has 0 radical (unpaired) electrons. The summed E-state index contributed by atoms with van der Waals surface area (Å²) in [4.78, 5) is 30.3. The van der Waals surface area contributed by atoms with Crippen molar-refractivity contribution in [2.75, 3.05) is 39.3 Å². The molecule has 7 nitrogen and oxygen atoms in total. The summed E-state index contributed by atoms with van der Waals surface area (Å²) in [6.07, 6.45) is 0. The van der Waals surface area contributed by atoms with Gasteiger partial charge >= 0.3 is 0 Å². The summed E-state index contributed by atoms with van der Waals surface area (Å²) in [6, 6.07) is 9.81. The molecule has 9 heteroatoms. The summed E-state index contributed by atoms with van der Waals surface area (Å²) in [5.41, 5.74) is 0.472. The van der Waals surface area contributed by atoms with Crippen LogP contribution in [-0.4, -0.2) is 73.6 Å². The highest BCUT2D eigenvalue weighted by atomic mass is 32.2. The van der Waals surface area contributed by atoms with Crippen molar-refractivity contribution in [2.24, 2.45) is 0 Å². The molecule has 30 heavy (non-hydrogen) atoms. The quantitative estimate of drug-likeness (QED) is 0.679. The number of benzene rings is 1. The Bertz CT molecular complexity index is 1000. The van der Waals surface area contributed by atoms with Crippen LogP contribution in [0.1, 0.15) is 38.8 Å². The maximum atomic E-state index is 13.0. The van der Waals surface area contributed by atoms with E-state index in [4.69, 9.17) is 0 Å². The van der Waals surface area contributed by atoms with Crippen molar-refractivity contribution in [1.82, 2.24) is 14.1 Å². The molecular formula is C21H27N3O4S2. The number of piperazine rings is 1. The van der Waals surface area contributed by atoms with Crippen LogP contribution in [0.15, 0.2) is 41.3 Å². The highest BCUT2D eigenvalue weighted by Crippen LogP contribution is 2.21. The first kappa shape index (κ1) is 22.5. The van der Waals surface area contributed by atoms with Crippen LogP contribution in [0.4, 0.5) is 0 Å². The normalized spacial score (nSPS) is 15.2. The van der Waals surface area contributed by atoms with E-state index in [1.165, 1.54) is 27.8 Å². The van der Waals surface area contributed by atoms with Gasteiger partial charge in [-0.1, -0.05) is 0 Å². The fraction of sp³-hybridized carbons (Fsp3) is 0.429. The van der Waals surface area contributed by atoms with Gasteiger partial charge in [0.2, 0.25) is 10.0 Å². The number of amides is 2. The smallest absolute Gasteiger partial charge is 0.264 e. The van der Waals surface area contributed by atoms with E-state index in [9.17, 15) is 18.0 Å².